The predicted octanol–water partition coefficient (Wildman–Crippen LogP) is 4.02. The first-order valence-corrected chi connectivity index (χ1v) is 11.1. The van der Waals surface area contributed by atoms with Crippen molar-refractivity contribution in [3.63, 3.8) is 0 Å². The summed E-state index contributed by atoms with van der Waals surface area (Å²) in [6, 6.07) is 21.4. The van der Waals surface area contributed by atoms with Gasteiger partial charge in [-0.15, -0.1) is 0 Å². The summed E-state index contributed by atoms with van der Waals surface area (Å²) in [4.78, 5) is 0. The van der Waals surface area contributed by atoms with Crippen LogP contribution in [-0.2, 0) is 6.54 Å². The van der Waals surface area contributed by atoms with Crippen LogP contribution < -0.4 is 33.9 Å². The third-order valence-electron chi connectivity index (χ3n) is 6.15. The second-order valence-corrected chi connectivity index (χ2v) is 8.33. The molecule has 1 N–H and O–H groups in total. The molecule has 0 amide bonds. The van der Waals surface area contributed by atoms with Crippen molar-refractivity contribution >= 4 is 22.3 Å². The first kappa shape index (κ1) is 22.1. The molecule has 2 aromatic carbocycles. The normalized spacial score (nSPS) is 14.5. The van der Waals surface area contributed by atoms with E-state index in [1.54, 1.807) is 0 Å². The third-order valence-corrected chi connectivity index (χ3v) is 6.15. The third kappa shape index (κ3) is 6.43. The summed E-state index contributed by atoms with van der Waals surface area (Å²) in [7, 11) is 0. The molecule has 1 aromatic heterocycles. The van der Waals surface area contributed by atoms with Crippen LogP contribution in [-0.4, -0.2) is 0 Å². The fourth-order valence-electron chi connectivity index (χ4n) is 4.62. The number of aryl methyl sites for hydroxylation is 1. The number of nitrogens with zero attached hydrogens (tertiary/aromatic N) is 1. The van der Waals surface area contributed by atoms with Crippen molar-refractivity contribution in [1.29, 1.82) is 0 Å². The molecule has 0 aliphatic heterocycles. The molecule has 1 saturated carbocycles. The van der Waals surface area contributed by atoms with Gasteiger partial charge in [-0.2, -0.15) is 4.57 Å². The molecule has 0 bridgehead atoms. The topological polar surface area (TPSA) is 15.9 Å². The van der Waals surface area contributed by atoms with E-state index in [0.717, 1.165) is 23.8 Å². The molecule has 3 aromatic rings. The van der Waals surface area contributed by atoms with Crippen molar-refractivity contribution in [2.45, 2.75) is 64.3 Å². The number of aromatic nitrogens is 1. The Hall–Kier alpha value is -1.62. The quantitative estimate of drug-likeness (QED) is 0.281. The monoisotopic (exact) mass is 500 g/mol. The van der Waals surface area contributed by atoms with Crippen molar-refractivity contribution in [2.75, 3.05) is 5.32 Å². The number of unbranched alkanes of at least 4 members (excludes halogenated alkanes) is 2. The van der Waals surface area contributed by atoms with E-state index in [1.807, 2.05) is 0 Å². The fraction of sp³-hybridized carbons (Fsp3) is 0.423. The first-order chi connectivity index (χ1) is 13.9. The zero-order chi connectivity index (χ0) is 19.0. The number of benzene rings is 2. The summed E-state index contributed by atoms with van der Waals surface area (Å²) in [6.07, 6.45) is 15.1. The molecule has 154 valence electrons. The summed E-state index contributed by atoms with van der Waals surface area (Å²) < 4.78 is 2.43. The molecule has 4 rings (SSSR count). The highest BCUT2D eigenvalue weighted by atomic mass is 127. The molecule has 1 fully saturated rings. The highest BCUT2D eigenvalue weighted by Crippen LogP contribution is 2.28. The lowest BCUT2D eigenvalue weighted by Gasteiger charge is -2.21. The maximum atomic E-state index is 3.56. The molecule has 1 aliphatic rings. The van der Waals surface area contributed by atoms with Gasteiger partial charge in [0.2, 0.25) is 5.52 Å². The Kier molecular flexibility index (Phi) is 8.78. The number of nitrogens with one attached hydrogen (secondary N) is 1. The summed E-state index contributed by atoms with van der Waals surface area (Å²) in [5.74, 6) is 1.01. The van der Waals surface area contributed by atoms with Crippen LogP contribution in [0.2, 0.25) is 0 Å². The smallest absolute Gasteiger partial charge is 0.212 e. The zero-order valence-electron chi connectivity index (χ0n) is 17.3. The molecule has 0 atom stereocenters. The Morgan fingerprint density at radius 3 is 2.38 bits per heavy atom. The number of fused-ring (bicyclic) bond motifs is 1. The van der Waals surface area contributed by atoms with Gasteiger partial charge in [-0.25, -0.2) is 0 Å². The van der Waals surface area contributed by atoms with Crippen LogP contribution >= 0.6 is 0 Å². The number of hydrogen-bond donors (Lipinski definition) is 1. The lowest BCUT2D eigenvalue weighted by Crippen LogP contribution is -3.00. The van der Waals surface area contributed by atoms with Crippen LogP contribution in [0.5, 0.6) is 0 Å². The van der Waals surface area contributed by atoms with Crippen molar-refractivity contribution in [3.05, 3.63) is 66.9 Å². The van der Waals surface area contributed by atoms with Crippen LogP contribution in [0, 0.1) is 5.92 Å². The van der Waals surface area contributed by atoms with E-state index < -0.39 is 0 Å². The molecule has 2 nitrogen and oxygen atoms in total. The van der Waals surface area contributed by atoms with Crippen LogP contribution in [0.4, 0.5) is 11.4 Å². The maximum Gasteiger partial charge on any atom is 0.212 e. The van der Waals surface area contributed by atoms with Crippen LogP contribution in [0.1, 0.15) is 57.8 Å². The summed E-state index contributed by atoms with van der Waals surface area (Å²) in [5, 5.41) is 4.86. The minimum atomic E-state index is 0. The van der Waals surface area contributed by atoms with Gasteiger partial charge in [0.05, 0.1) is 0 Å². The van der Waals surface area contributed by atoms with Gasteiger partial charge in [-0.3, -0.25) is 0 Å². The summed E-state index contributed by atoms with van der Waals surface area (Å²) >= 11 is 0. The molecule has 3 heteroatoms. The largest absolute Gasteiger partial charge is 1.00 e. The van der Waals surface area contributed by atoms with E-state index in [2.05, 4.69) is 76.7 Å². The SMILES string of the molecule is [I-].c1ccc(Nc2cc3ccccc3[n+](CCCCCC3CCCCC3)c2)cc1. The molecule has 1 aliphatic carbocycles. The van der Waals surface area contributed by atoms with Gasteiger partial charge in [-0.05, 0) is 36.6 Å². The molecule has 0 spiro atoms. The van der Waals surface area contributed by atoms with Crippen LogP contribution in [0.25, 0.3) is 10.9 Å². The van der Waals surface area contributed by atoms with Crippen LogP contribution in [0.3, 0.4) is 0 Å². The van der Waals surface area contributed by atoms with Crippen molar-refractivity contribution < 1.29 is 28.5 Å². The Bertz CT molecular complexity index is 872. The molecule has 29 heavy (non-hydrogen) atoms. The minimum Gasteiger partial charge on any atom is -1.00 e. The van der Waals surface area contributed by atoms with Crippen molar-refractivity contribution in [1.82, 2.24) is 0 Å². The van der Waals surface area contributed by atoms with E-state index in [4.69, 9.17) is 0 Å². The molecule has 1 heterocycles. The summed E-state index contributed by atoms with van der Waals surface area (Å²) in [6.45, 7) is 1.09. The van der Waals surface area contributed by atoms with Gasteiger partial charge in [0.25, 0.3) is 0 Å². The van der Waals surface area contributed by atoms with E-state index >= 15 is 0 Å². The minimum absolute atomic E-state index is 0. The molecule has 0 unspecified atom stereocenters. The number of pyridine rings is 1. The van der Waals surface area contributed by atoms with Crippen molar-refractivity contribution in [3.8, 4) is 0 Å². The highest BCUT2D eigenvalue weighted by Gasteiger charge is 2.14. The molecular formula is C26H33IN2. The molecule has 0 saturated heterocycles. The number of anilines is 2. The van der Waals surface area contributed by atoms with Gasteiger partial charge < -0.3 is 29.3 Å². The van der Waals surface area contributed by atoms with E-state index in [9.17, 15) is 0 Å². The van der Waals surface area contributed by atoms with Gasteiger partial charge in [0, 0.05) is 23.6 Å². The van der Waals surface area contributed by atoms with E-state index in [0.29, 0.717) is 0 Å². The Balaban J connectivity index is 0.00000240. The second kappa shape index (κ2) is 11.5. The predicted molar refractivity (Wildman–Crippen MR) is 119 cm³/mol. The standard InChI is InChI=1S/C26H33N2.HI/c1-4-12-22(13-5-1)14-6-3-11-19-28-21-25(27-24-16-7-2-8-17-24)20-23-15-9-10-18-26(23)28;/h2,7-10,15-18,20-22,27H,1,3-6,11-14,19H2;1H/q+1;/p-1. The van der Waals surface area contributed by atoms with Crippen LogP contribution in [0.15, 0.2) is 66.9 Å². The zero-order valence-corrected chi connectivity index (χ0v) is 19.5. The fourth-order valence-corrected chi connectivity index (χ4v) is 4.62. The Labute approximate surface area is 192 Å². The lowest BCUT2D eigenvalue weighted by molar-refractivity contribution is -0.671. The van der Waals surface area contributed by atoms with E-state index in [1.165, 1.54) is 68.7 Å². The molecular weight excluding hydrogens is 467 g/mol. The number of rotatable bonds is 8. The Morgan fingerprint density at radius 2 is 1.55 bits per heavy atom. The number of halogens is 1. The number of para-hydroxylation sites is 2. The summed E-state index contributed by atoms with van der Waals surface area (Å²) in [5.41, 5.74) is 3.62. The second-order valence-electron chi connectivity index (χ2n) is 8.33. The highest BCUT2D eigenvalue weighted by molar-refractivity contribution is 5.79. The van der Waals surface area contributed by atoms with Gasteiger partial charge in [0.15, 0.2) is 6.20 Å². The Morgan fingerprint density at radius 1 is 0.793 bits per heavy atom. The maximum absolute atomic E-state index is 3.56. The lowest BCUT2D eigenvalue weighted by atomic mass is 9.85. The average Bonchev–Trinajstić information content (AvgIpc) is 2.75. The van der Waals surface area contributed by atoms with Gasteiger partial charge in [0.1, 0.15) is 12.2 Å². The first-order valence-electron chi connectivity index (χ1n) is 11.1. The van der Waals surface area contributed by atoms with E-state index in [-0.39, 0.29) is 24.0 Å². The van der Waals surface area contributed by atoms with Crippen molar-refractivity contribution in [2.24, 2.45) is 5.92 Å². The number of hydrogen-bond acceptors (Lipinski definition) is 1. The van der Waals surface area contributed by atoms with Gasteiger partial charge in [-0.1, -0.05) is 75.3 Å². The van der Waals surface area contributed by atoms with Gasteiger partial charge >= 0.3 is 0 Å². The average molecular weight is 500 g/mol. The molecule has 0 radical (unpaired) electrons.